The van der Waals surface area contributed by atoms with Crippen molar-refractivity contribution in [3.63, 3.8) is 0 Å². The number of carbonyl (C=O) groups is 1. The SMILES string of the molecule is COc1ccc(CC(=O)N2CCN(Cc3cnc4ccccn34)CC2)cc1. The summed E-state index contributed by atoms with van der Waals surface area (Å²) in [6, 6.07) is 13.7. The number of piperazine rings is 1. The van der Waals surface area contributed by atoms with Crippen molar-refractivity contribution in [2.75, 3.05) is 33.3 Å². The van der Waals surface area contributed by atoms with E-state index in [1.165, 1.54) is 5.69 Å². The molecule has 0 saturated carbocycles. The molecule has 0 spiro atoms. The number of carbonyl (C=O) groups excluding carboxylic acids is 1. The van der Waals surface area contributed by atoms with Crippen LogP contribution in [0, 0.1) is 0 Å². The van der Waals surface area contributed by atoms with Crippen molar-refractivity contribution >= 4 is 11.6 Å². The minimum absolute atomic E-state index is 0.189. The number of fused-ring (bicyclic) bond motifs is 1. The van der Waals surface area contributed by atoms with Crippen LogP contribution in [0.25, 0.3) is 5.65 Å². The van der Waals surface area contributed by atoms with Crippen LogP contribution in [0.2, 0.25) is 0 Å². The van der Waals surface area contributed by atoms with Gasteiger partial charge in [0.1, 0.15) is 11.4 Å². The average molecular weight is 364 g/mol. The Hall–Kier alpha value is -2.86. The lowest BCUT2D eigenvalue weighted by Crippen LogP contribution is -2.48. The maximum Gasteiger partial charge on any atom is 0.227 e. The van der Waals surface area contributed by atoms with Gasteiger partial charge in [-0.3, -0.25) is 9.69 Å². The van der Waals surface area contributed by atoms with E-state index in [1.54, 1.807) is 7.11 Å². The predicted octanol–water partition coefficient (Wildman–Crippen LogP) is 2.23. The molecule has 6 heteroatoms. The van der Waals surface area contributed by atoms with Gasteiger partial charge < -0.3 is 14.0 Å². The van der Waals surface area contributed by atoms with Crippen molar-refractivity contribution in [2.45, 2.75) is 13.0 Å². The molecule has 140 valence electrons. The first-order valence-electron chi connectivity index (χ1n) is 9.27. The van der Waals surface area contributed by atoms with Gasteiger partial charge in [-0.2, -0.15) is 0 Å². The Labute approximate surface area is 159 Å². The zero-order chi connectivity index (χ0) is 18.6. The predicted molar refractivity (Wildman–Crippen MR) is 104 cm³/mol. The Kier molecular flexibility index (Phi) is 5.07. The first kappa shape index (κ1) is 17.5. The van der Waals surface area contributed by atoms with Crippen LogP contribution in [-0.2, 0) is 17.8 Å². The van der Waals surface area contributed by atoms with Crippen LogP contribution in [0.3, 0.4) is 0 Å². The molecule has 1 aliphatic heterocycles. The smallest absolute Gasteiger partial charge is 0.227 e. The second kappa shape index (κ2) is 7.80. The van der Waals surface area contributed by atoms with Crippen molar-refractivity contribution in [1.29, 1.82) is 0 Å². The molecule has 1 aliphatic rings. The largest absolute Gasteiger partial charge is 0.497 e. The number of imidazole rings is 1. The summed E-state index contributed by atoms with van der Waals surface area (Å²) in [5.74, 6) is 1.00. The van der Waals surface area contributed by atoms with Crippen LogP contribution in [0.1, 0.15) is 11.3 Å². The summed E-state index contributed by atoms with van der Waals surface area (Å²) in [5.41, 5.74) is 3.18. The number of ether oxygens (including phenoxy) is 1. The molecule has 0 N–H and O–H groups in total. The highest BCUT2D eigenvalue weighted by molar-refractivity contribution is 5.79. The van der Waals surface area contributed by atoms with E-state index < -0.39 is 0 Å². The summed E-state index contributed by atoms with van der Waals surface area (Å²) in [4.78, 5) is 21.4. The molecule has 1 amide bonds. The Bertz CT molecular complexity index is 911. The summed E-state index contributed by atoms with van der Waals surface area (Å²) in [7, 11) is 1.65. The highest BCUT2D eigenvalue weighted by Crippen LogP contribution is 2.14. The van der Waals surface area contributed by atoms with Crippen molar-refractivity contribution in [1.82, 2.24) is 19.2 Å². The van der Waals surface area contributed by atoms with E-state index in [9.17, 15) is 4.79 Å². The van der Waals surface area contributed by atoms with Crippen molar-refractivity contribution < 1.29 is 9.53 Å². The third-order valence-electron chi connectivity index (χ3n) is 5.12. The summed E-state index contributed by atoms with van der Waals surface area (Å²) >= 11 is 0. The van der Waals surface area contributed by atoms with E-state index in [0.717, 1.165) is 49.7 Å². The van der Waals surface area contributed by atoms with Gasteiger partial charge >= 0.3 is 0 Å². The van der Waals surface area contributed by atoms with E-state index in [1.807, 2.05) is 59.8 Å². The van der Waals surface area contributed by atoms with E-state index in [0.29, 0.717) is 6.42 Å². The average Bonchev–Trinajstić information content (AvgIpc) is 3.12. The number of rotatable bonds is 5. The molecule has 0 bridgehead atoms. The van der Waals surface area contributed by atoms with E-state index in [-0.39, 0.29) is 5.91 Å². The Morgan fingerprint density at radius 3 is 2.59 bits per heavy atom. The van der Waals surface area contributed by atoms with Gasteiger partial charge in [-0.25, -0.2) is 4.98 Å². The summed E-state index contributed by atoms with van der Waals surface area (Å²) in [6.45, 7) is 4.16. The number of methoxy groups -OCH3 is 1. The highest BCUT2D eigenvalue weighted by atomic mass is 16.5. The van der Waals surface area contributed by atoms with Gasteiger partial charge in [0.25, 0.3) is 0 Å². The number of pyridine rings is 1. The number of benzene rings is 1. The van der Waals surface area contributed by atoms with E-state index >= 15 is 0 Å². The van der Waals surface area contributed by atoms with Crippen molar-refractivity contribution in [3.8, 4) is 5.75 Å². The molecule has 0 unspecified atom stereocenters. The zero-order valence-corrected chi connectivity index (χ0v) is 15.5. The van der Waals surface area contributed by atoms with Gasteiger partial charge in [0.05, 0.1) is 25.4 Å². The monoisotopic (exact) mass is 364 g/mol. The maximum absolute atomic E-state index is 12.6. The Morgan fingerprint density at radius 1 is 1.07 bits per heavy atom. The van der Waals surface area contributed by atoms with Gasteiger partial charge in [0.2, 0.25) is 5.91 Å². The second-order valence-corrected chi connectivity index (χ2v) is 6.86. The lowest BCUT2D eigenvalue weighted by molar-refractivity contribution is -0.132. The van der Waals surface area contributed by atoms with Crippen LogP contribution in [0.4, 0.5) is 0 Å². The molecule has 4 rings (SSSR count). The molecule has 1 fully saturated rings. The third kappa shape index (κ3) is 3.95. The molecule has 3 aromatic rings. The van der Waals surface area contributed by atoms with Crippen LogP contribution in [0.15, 0.2) is 54.9 Å². The van der Waals surface area contributed by atoms with Crippen LogP contribution >= 0.6 is 0 Å². The number of hydrogen-bond donors (Lipinski definition) is 0. The first-order valence-corrected chi connectivity index (χ1v) is 9.27. The van der Waals surface area contributed by atoms with Crippen LogP contribution < -0.4 is 4.74 Å². The summed E-state index contributed by atoms with van der Waals surface area (Å²) < 4.78 is 7.29. The van der Waals surface area contributed by atoms with Gasteiger partial charge in [-0.05, 0) is 29.8 Å². The third-order valence-corrected chi connectivity index (χ3v) is 5.12. The summed E-state index contributed by atoms with van der Waals surface area (Å²) in [5, 5.41) is 0. The minimum atomic E-state index is 0.189. The fraction of sp³-hybridized carbons (Fsp3) is 0.333. The van der Waals surface area contributed by atoms with Crippen LogP contribution in [0.5, 0.6) is 5.75 Å². The lowest BCUT2D eigenvalue weighted by Gasteiger charge is -2.34. The molecule has 1 saturated heterocycles. The number of amides is 1. The molecule has 27 heavy (non-hydrogen) atoms. The van der Waals surface area contributed by atoms with Gasteiger partial charge in [0.15, 0.2) is 0 Å². The highest BCUT2D eigenvalue weighted by Gasteiger charge is 2.22. The molecule has 0 radical (unpaired) electrons. The topological polar surface area (TPSA) is 50.1 Å². The van der Waals surface area contributed by atoms with Crippen molar-refractivity contribution in [3.05, 3.63) is 66.1 Å². The first-order chi connectivity index (χ1) is 13.2. The number of nitrogens with zero attached hydrogens (tertiary/aromatic N) is 4. The standard InChI is InChI=1S/C21H24N4O2/c1-27-19-7-5-17(6-8-19)14-21(26)24-12-10-23(11-13-24)16-18-15-22-20-4-2-3-9-25(18)20/h2-9,15H,10-14,16H2,1H3. The molecule has 2 aromatic heterocycles. The normalized spacial score (nSPS) is 15.2. The quantitative estimate of drug-likeness (QED) is 0.697. The summed E-state index contributed by atoms with van der Waals surface area (Å²) in [6.07, 6.45) is 4.43. The molecular formula is C21H24N4O2. The molecular weight excluding hydrogens is 340 g/mol. The van der Waals surface area contributed by atoms with Gasteiger partial charge in [-0.15, -0.1) is 0 Å². The fourth-order valence-corrected chi connectivity index (χ4v) is 3.52. The number of hydrogen-bond acceptors (Lipinski definition) is 4. The van der Waals surface area contributed by atoms with Crippen LogP contribution in [-0.4, -0.2) is 58.4 Å². The fourth-order valence-electron chi connectivity index (χ4n) is 3.52. The molecule has 3 heterocycles. The van der Waals surface area contributed by atoms with Gasteiger partial charge in [-0.1, -0.05) is 18.2 Å². The Balaban J connectivity index is 1.31. The molecule has 0 aliphatic carbocycles. The molecule has 1 aromatic carbocycles. The Morgan fingerprint density at radius 2 is 1.85 bits per heavy atom. The van der Waals surface area contributed by atoms with E-state index in [2.05, 4.69) is 14.3 Å². The van der Waals surface area contributed by atoms with Crippen molar-refractivity contribution in [2.24, 2.45) is 0 Å². The second-order valence-electron chi connectivity index (χ2n) is 6.86. The number of aromatic nitrogens is 2. The van der Waals surface area contributed by atoms with Gasteiger partial charge in [0, 0.05) is 38.9 Å². The minimum Gasteiger partial charge on any atom is -0.497 e. The zero-order valence-electron chi connectivity index (χ0n) is 15.5. The maximum atomic E-state index is 12.6. The molecule has 0 atom stereocenters. The lowest BCUT2D eigenvalue weighted by atomic mass is 10.1. The van der Waals surface area contributed by atoms with E-state index in [4.69, 9.17) is 4.74 Å². The molecule has 6 nitrogen and oxygen atoms in total.